The molecule has 5 nitrogen and oxygen atoms in total. The van der Waals surface area contributed by atoms with Crippen molar-refractivity contribution in [2.75, 3.05) is 18.4 Å². The molecule has 2 N–H and O–H groups in total. The fourth-order valence-electron chi connectivity index (χ4n) is 3.88. The number of rotatable bonds is 3. The number of benzene rings is 2. The zero-order chi connectivity index (χ0) is 18.8. The maximum absolute atomic E-state index is 14.8. The standard InChI is InChI=1S/C21H22FN3O2.ClH/c22-19-16-10-11-23-13-15(16)8-9-17(19)24-20(26)18-7-4-12-25(18)21(27)14-5-2-1-3-6-14;/h1-3,5-6,8-9,18,23H,4,7,10-13H2,(H,24,26);1H. The Bertz CT molecular complexity index is 875. The second-order valence-corrected chi connectivity index (χ2v) is 7.00. The van der Waals surface area contributed by atoms with Gasteiger partial charge >= 0.3 is 0 Å². The molecule has 0 aromatic heterocycles. The summed E-state index contributed by atoms with van der Waals surface area (Å²) in [5.41, 5.74) is 2.35. The van der Waals surface area contributed by atoms with E-state index in [1.54, 1.807) is 35.2 Å². The van der Waals surface area contributed by atoms with Gasteiger partial charge in [-0.15, -0.1) is 12.4 Å². The van der Waals surface area contributed by atoms with Gasteiger partial charge in [-0.2, -0.15) is 0 Å². The average Bonchev–Trinajstić information content (AvgIpc) is 3.20. The van der Waals surface area contributed by atoms with Crippen LogP contribution < -0.4 is 10.6 Å². The summed E-state index contributed by atoms with van der Waals surface area (Å²) in [7, 11) is 0. The first-order valence-corrected chi connectivity index (χ1v) is 9.33. The van der Waals surface area contributed by atoms with Crippen LogP contribution in [0.2, 0.25) is 0 Å². The lowest BCUT2D eigenvalue weighted by Gasteiger charge is -2.25. The average molecular weight is 404 g/mol. The zero-order valence-electron chi connectivity index (χ0n) is 15.4. The van der Waals surface area contributed by atoms with Gasteiger partial charge < -0.3 is 15.5 Å². The predicted octanol–water partition coefficient (Wildman–Crippen LogP) is 3.14. The fraction of sp³-hybridized carbons (Fsp3) is 0.333. The third-order valence-corrected chi connectivity index (χ3v) is 5.30. The minimum absolute atomic E-state index is 0. The van der Waals surface area contributed by atoms with Crippen molar-refractivity contribution in [2.45, 2.75) is 31.8 Å². The molecule has 0 aliphatic carbocycles. The molecule has 28 heavy (non-hydrogen) atoms. The molecule has 1 atom stereocenters. The number of halogens is 2. The summed E-state index contributed by atoms with van der Waals surface area (Å²) in [5.74, 6) is -0.851. The Morgan fingerprint density at radius 2 is 1.93 bits per heavy atom. The van der Waals surface area contributed by atoms with E-state index in [1.807, 2.05) is 12.1 Å². The molecule has 0 spiro atoms. The van der Waals surface area contributed by atoms with Gasteiger partial charge in [0.15, 0.2) is 0 Å². The van der Waals surface area contributed by atoms with Gasteiger partial charge in [-0.1, -0.05) is 24.3 Å². The maximum atomic E-state index is 14.8. The highest BCUT2D eigenvalue weighted by Crippen LogP contribution is 2.26. The minimum atomic E-state index is -0.574. The molecule has 2 aliphatic rings. The van der Waals surface area contributed by atoms with Crippen molar-refractivity contribution in [3.8, 4) is 0 Å². The molecule has 4 rings (SSSR count). The summed E-state index contributed by atoms with van der Waals surface area (Å²) in [5, 5.41) is 5.92. The van der Waals surface area contributed by atoms with Crippen molar-refractivity contribution in [1.29, 1.82) is 0 Å². The number of fused-ring (bicyclic) bond motifs is 1. The van der Waals surface area contributed by atoms with Crippen LogP contribution in [0.25, 0.3) is 0 Å². The number of nitrogens with one attached hydrogen (secondary N) is 2. The van der Waals surface area contributed by atoms with Crippen molar-refractivity contribution < 1.29 is 14.0 Å². The summed E-state index contributed by atoms with van der Waals surface area (Å²) in [6.45, 7) is 1.90. The first-order valence-electron chi connectivity index (χ1n) is 9.33. The van der Waals surface area contributed by atoms with Gasteiger partial charge in [-0.3, -0.25) is 9.59 Å². The predicted molar refractivity (Wildman–Crippen MR) is 108 cm³/mol. The van der Waals surface area contributed by atoms with Gasteiger partial charge in [0.1, 0.15) is 11.9 Å². The van der Waals surface area contributed by atoms with Gasteiger partial charge in [0.05, 0.1) is 5.69 Å². The van der Waals surface area contributed by atoms with Gasteiger partial charge in [-0.25, -0.2) is 4.39 Å². The smallest absolute Gasteiger partial charge is 0.254 e. The highest BCUT2D eigenvalue weighted by atomic mass is 35.5. The van der Waals surface area contributed by atoms with Crippen molar-refractivity contribution >= 4 is 29.9 Å². The van der Waals surface area contributed by atoms with E-state index in [0.717, 1.165) is 18.5 Å². The Balaban J connectivity index is 0.00000225. The van der Waals surface area contributed by atoms with E-state index in [0.29, 0.717) is 37.1 Å². The lowest BCUT2D eigenvalue weighted by Crippen LogP contribution is -2.43. The number of likely N-dealkylation sites (tertiary alicyclic amines) is 1. The van der Waals surface area contributed by atoms with Crippen LogP contribution in [0.3, 0.4) is 0 Å². The Kier molecular flexibility index (Phi) is 6.31. The van der Waals surface area contributed by atoms with Crippen molar-refractivity contribution in [2.24, 2.45) is 0 Å². The third kappa shape index (κ3) is 3.88. The number of anilines is 1. The Morgan fingerprint density at radius 1 is 1.14 bits per heavy atom. The van der Waals surface area contributed by atoms with Crippen LogP contribution in [-0.2, 0) is 17.8 Å². The van der Waals surface area contributed by atoms with E-state index < -0.39 is 6.04 Å². The van der Waals surface area contributed by atoms with Crippen LogP contribution in [0.4, 0.5) is 10.1 Å². The fourth-order valence-corrected chi connectivity index (χ4v) is 3.88. The number of amides is 2. The molecular formula is C21H23ClFN3O2. The Labute approximate surface area is 169 Å². The number of nitrogens with zero attached hydrogens (tertiary/aromatic N) is 1. The van der Waals surface area contributed by atoms with E-state index >= 15 is 0 Å². The second-order valence-electron chi connectivity index (χ2n) is 7.00. The summed E-state index contributed by atoms with van der Waals surface area (Å²) in [6, 6.07) is 11.8. The Hall–Kier alpha value is -2.44. The third-order valence-electron chi connectivity index (χ3n) is 5.30. The molecule has 2 aliphatic heterocycles. The molecule has 2 amide bonds. The molecule has 1 unspecified atom stereocenters. The normalized spacial score (nSPS) is 18.2. The summed E-state index contributed by atoms with van der Waals surface area (Å²) in [4.78, 5) is 27.1. The molecule has 148 valence electrons. The highest BCUT2D eigenvalue weighted by molar-refractivity contribution is 6.01. The van der Waals surface area contributed by atoms with Crippen molar-refractivity contribution in [1.82, 2.24) is 10.2 Å². The van der Waals surface area contributed by atoms with Gasteiger partial charge in [0, 0.05) is 18.7 Å². The zero-order valence-corrected chi connectivity index (χ0v) is 16.2. The van der Waals surface area contributed by atoms with Crippen LogP contribution in [0.15, 0.2) is 42.5 Å². The quantitative estimate of drug-likeness (QED) is 0.827. The monoisotopic (exact) mass is 403 g/mol. The van der Waals surface area contributed by atoms with Gasteiger partial charge in [0.2, 0.25) is 5.91 Å². The van der Waals surface area contributed by atoms with Crippen LogP contribution in [-0.4, -0.2) is 35.8 Å². The second kappa shape index (κ2) is 8.71. The Morgan fingerprint density at radius 3 is 2.71 bits per heavy atom. The van der Waals surface area contributed by atoms with Crippen LogP contribution in [0.5, 0.6) is 0 Å². The van der Waals surface area contributed by atoms with E-state index in [9.17, 15) is 14.0 Å². The van der Waals surface area contributed by atoms with Crippen LogP contribution >= 0.6 is 12.4 Å². The summed E-state index contributed by atoms with van der Waals surface area (Å²) < 4.78 is 14.8. The summed E-state index contributed by atoms with van der Waals surface area (Å²) in [6.07, 6.45) is 1.95. The number of hydrogen-bond acceptors (Lipinski definition) is 3. The number of carbonyl (C=O) groups excluding carboxylic acids is 2. The first-order chi connectivity index (χ1) is 13.1. The van der Waals surface area contributed by atoms with Crippen LogP contribution in [0.1, 0.15) is 34.3 Å². The molecule has 0 radical (unpaired) electrons. The molecule has 2 heterocycles. The van der Waals surface area contributed by atoms with E-state index in [1.165, 1.54) is 0 Å². The maximum Gasteiger partial charge on any atom is 0.254 e. The lowest BCUT2D eigenvalue weighted by molar-refractivity contribution is -0.119. The molecule has 7 heteroatoms. The number of carbonyl (C=O) groups is 2. The van der Waals surface area contributed by atoms with E-state index in [2.05, 4.69) is 10.6 Å². The summed E-state index contributed by atoms with van der Waals surface area (Å²) >= 11 is 0. The van der Waals surface area contributed by atoms with Crippen molar-refractivity contribution in [3.05, 3.63) is 65.0 Å². The minimum Gasteiger partial charge on any atom is -0.327 e. The highest BCUT2D eigenvalue weighted by Gasteiger charge is 2.35. The van der Waals surface area contributed by atoms with Gasteiger partial charge in [-0.05, 0) is 55.1 Å². The SMILES string of the molecule is Cl.O=C(Nc1ccc2c(c1F)CCNC2)C1CCCN1C(=O)c1ccccc1. The molecule has 0 bridgehead atoms. The first kappa shape index (κ1) is 20.3. The molecule has 1 saturated heterocycles. The molecular weight excluding hydrogens is 381 g/mol. The largest absolute Gasteiger partial charge is 0.327 e. The topological polar surface area (TPSA) is 61.4 Å². The number of hydrogen-bond donors (Lipinski definition) is 2. The molecule has 1 fully saturated rings. The van der Waals surface area contributed by atoms with Crippen molar-refractivity contribution in [3.63, 3.8) is 0 Å². The molecule has 2 aromatic rings. The van der Waals surface area contributed by atoms with E-state index in [-0.39, 0.29) is 35.7 Å². The van der Waals surface area contributed by atoms with E-state index in [4.69, 9.17) is 0 Å². The van der Waals surface area contributed by atoms with Gasteiger partial charge in [0.25, 0.3) is 5.91 Å². The molecule has 0 saturated carbocycles. The van der Waals surface area contributed by atoms with Crippen LogP contribution in [0, 0.1) is 5.82 Å². The lowest BCUT2D eigenvalue weighted by atomic mass is 9.99. The molecule has 2 aromatic carbocycles.